The number of hydrogen-bond donors (Lipinski definition) is 5. The van der Waals surface area contributed by atoms with Gasteiger partial charge in [-0.2, -0.15) is 5.10 Å². The molecule has 5 rings (SSSR count). The van der Waals surface area contributed by atoms with E-state index in [-0.39, 0.29) is 28.8 Å². The average molecular weight is 663 g/mol. The summed E-state index contributed by atoms with van der Waals surface area (Å²) >= 11 is 5.92. The largest absolute Gasteiger partial charge is 0.393 e. The third kappa shape index (κ3) is 7.12. The van der Waals surface area contributed by atoms with Crippen molar-refractivity contribution in [1.82, 2.24) is 9.80 Å². The van der Waals surface area contributed by atoms with E-state index >= 15 is 0 Å². The summed E-state index contributed by atoms with van der Waals surface area (Å²) in [5.41, 5.74) is 15.6. The van der Waals surface area contributed by atoms with Gasteiger partial charge in [0.2, 0.25) is 0 Å². The number of nitrogens with zero attached hydrogens (tertiary/aromatic N) is 5. The molecule has 12 nitrogen and oxygen atoms in total. The van der Waals surface area contributed by atoms with Crippen LogP contribution >= 0.6 is 11.6 Å². The maximum absolute atomic E-state index is 14.6. The number of benzene rings is 3. The van der Waals surface area contributed by atoms with E-state index < -0.39 is 23.7 Å². The lowest BCUT2D eigenvalue weighted by atomic mass is 9.89. The van der Waals surface area contributed by atoms with E-state index in [9.17, 15) is 14.0 Å². The minimum atomic E-state index is -1.03. The number of piperidine rings is 1. The van der Waals surface area contributed by atoms with Crippen molar-refractivity contribution < 1.29 is 14.0 Å². The van der Waals surface area contributed by atoms with Crippen molar-refractivity contribution in [3.8, 4) is 0 Å². The van der Waals surface area contributed by atoms with Crippen LogP contribution in [-0.2, 0) is 16.0 Å². The number of amidine groups is 1. The van der Waals surface area contributed by atoms with Gasteiger partial charge >= 0.3 is 0 Å². The molecule has 0 saturated carbocycles. The second-order valence-electron chi connectivity index (χ2n) is 11.8. The molecular formula is C33H40ClFN10O2. The number of carbonyl (C=O) groups excluding carboxylic acids is 2. The van der Waals surface area contributed by atoms with Crippen LogP contribution in [0, 0.1) is 5.82 Å². The molecule has 2 aliphatic heterocycles. The van der Waals surface area contributed by atoms with Gasteiger partial charge in [-0.25, -0.2) is 10.2 Å². The van der Waals surface area contributed by atoms with Crippen LogP contribution in [0.5, 0.6) is 0 Å². The van der Waals surface area contributed by atoms with E-state index in [0.717, 1.165) is 48.4 Å². The molecule has 1 unspecified atom stereocenters. The number of fused-ring (bicyclic) bond motifs is 1. The molecule has 3 aromatic rings. The third-order valence-corrected chi connectivity index (χ3v) is 9.05. The quantitative estimate of drug-likeness (QED) is 0.0798. The Morgan fingerprint density at radius 2 is 1.70 bits per heavy atom. The predicted molar refractivity (Wildman–Crippen MR) is 184 cm³/mol. The van der Waals surface area contributed by atoms with Gasteiger partial charge in [0, 0.05) is 42.6 Å². The van der Waals surface area contributed by atoms with Gasteiger partial charge in [-0.15, -0.1) is 0 Å². The molecule has 0 aliphatic carbocycles. The molecular weight excluding hydrogens is 623 g/mol. The minimum Gasteiger partial charge on any atom is -0.393 e. The van der Waals surface area contributed by atoms with Gasteiger partial charge in [-0.05, 0) is 86.9 Å². The van der Waals surface area contributed by atoms with E-state index in [1.807, 2.05) is 12.1 Å². The first kappa shape index (κ1) is 33.5. The molecule has 1 atom stereocenters. The van der Waals surface area contributed by atoms with Crippen molar-refractivity contribution in [2.45, 2.75) is 31.3 Å². The normalized spacial score (nSPS) is 17.4. The number of anilines is 3. The fourth-order valence-electron chi connectivity index (χ4n) is 6.21. The second-order valence-corrected chi connectivity index (χ2v) is 12.2. The van der Waals surface area contributed by atoms with Gasteiger partial charge in [-0.3, -0.25) is 14.6 Å². The van der Waals surface area contributed by atoms with Crippen LogP contribution in [-0.4, -0.2) is 67.2 Å². The monoisotopic (exact) mass is 662 g/mol. The Morgan fingerprint density at radius 1 is 1.02 bits per heavy atom. The second kappa shape index (κ2) is 14.3. The lowest BCUT2D eigenvalue weighted by Crippen LogP contribution is -2.48. The molecule has 9 N–H and O–H groups in total. The van der Waals surface area contributed by atoms with Gasteiger partial charge in [0.1, 0.15) is 17.6 Å². The zero-order valence-corrected chi connectivity index (χ0v) is 27.1. The lowest BCUT2D eigenvalue weighted by Gasteiger charge is -2.41. The Labute approximate surface area is 278 Å². The first-order valence-corrected chi connectivity index (χ1v) is 15.6. The molecule has 0 spiro atoms. The van der Waals surface area contributed by atoms with Crippen molar-refractivity contribution in [1.29, 1.82) is 0 Å². The van der Waals surface area contributed by atoms with Crippen LogP contribution in [0.15, 0.2) is 77.7 Å². The number of nitrogens with two attached hydrogens (primary N) is 4. The highest BCUT2D eigenvalue weighted by atomic mass is 35.5. The molecule has 2 aliphatic rings. The topological polar surface area (TPSA) is 176 Å². The van der Waals surface area contributed by atoms with Crippen LogP contribution < -0.4 is 38.4 Å². The molecule has 47 heavy (non-hydrogen) atoms. The Morgan fingerprint density at radius 3 is 2.36 bits per heavy atom. The molecule has 0 bridgehead atoms. The van der Waals surface area contributed by atoms with E-state index in [4.69, 9.17) is 34.8 Å². The van der Waals surface area contributed by atoms with Gasteiger partial charge in [-0.1, -0.05) is 29.8 Å². The highest BCUT2D eigenvalue weighted by Gasteiger charge is 2.38. The van der Waals surface area contributed by atoms with Crippen LogP contribution in [0.25, 0.3) is 0 Å². The van der Waals surface area contributed by atoms with E-state index in [1.165, 1.54) is 23.1 Å². The Kier molecular flexibility index (Phi) is 10.2. The van der Waals surface area contributed by atoms with Crippen molar-refractivity contribution in [3.63, 3.8) is 0 Å². The van der Waals surface area contributed by atoms with Crippen LogP contribution in [0.2, 0.25) is 5.02 Å². The summed E-state index contributed by atoms with van der Waals surface area (Å²) in [5.74, 6) is 9.70. The molecule has 1 saturated heterocycles. The molecule has 0 aromatic heterocycles. The number of nitrogens with one attached hydrogen (secondary N) is 1. The number of carbonyl (C=O) groups is 2. The summed E-state index contributed by atoms with van der Waals surface area (Å²) in [5, 5.41) is 7.20. The number of hydrazine groups is 1. The van der Waals surface area contributed by atoms with E-state index in [0.29, 0.717) is 29.3 Å². The molecule has 0 radical (unpaired) electrons. The van der Waals surface area contributed by atoms with Gasteiger partial charge in [0.15, 0.2) is 5.82 Å². The average Bonchev–Trinajstić information content (AvgIpc) is 3.08. The van der Waals surface area contributed by atoms with Crippen molar-refractivity contribution in [2.24, 2.45) is 28.3 Å². The van der Waals surface area contributed by atoms with Crippen molar-refractivity contribution >= 4 is 46.3 Å². The number of rotatable bonds is 8. The summed E-state index contributed by atoms with van der Waals surface area (Å²) in [6.45, 7) is 1.97. The smallest absolute Gasteiger partial charge is 0.272 e. The Bertz CT molecular complexity index is 1690. The SMILES string of the molecule is CN(C)C1CCN(c2cccc3c2CCN(C(=O)/C(N)=C/N(N)c2cccc(Cl)c2F)C3C(=O)Nc2ccc(/C(N)=N/N)cc2)CC1. The predicted octanol–water partition coefficient (Wildman–Crippen LogP) is 2.83. The summed E-state index contributed by atoms with van der Waals surface area (Å²) in [4.78, 5) is 34.1. The number of hydrazone groups is 1. The number of hydrogen-bond acceptors (Lipinski definition) is 9. The fraction of sp³-hybridized carbons (Fsp3) is 0.303. The maximum Gasteiger partial charge on any atom is 0.272 e. The highest BCUT2D eigenvalue weighted by molar-refractivity contribution is 6.31. The highest BCUT2D eigenvalue weighted by Crippen LogP contribution is 2.38. The van der Waals surface area contributed by atoms with Crippen molar-refractivity contribution in [3.05, 3.63) is 100 Å². The van der Waals surface area contributed by atoms with Crippen LogP contribution in [0.3, 0.4) is 0 Å². The molecule has 1 fully saturated rings. The van der Waals surface area contributed by atoms with Crippen LogP contribution in [0.1, 0.15) is 35.6 Å². The standard InChI is InChI=1S/C33H40ClFN10O2/c1-42(2)22-13-16-43(17-14-22)27-7-3-5-24-23(27)15-18-44(30(24)32(46)40-21-11-9-20(10-12-21)31(37)41-38)33(47)26(36)19-45(39)28-8-4-6-25(34)29(28)35/h3-12,19,22,30H,13-18,36,38-39H2,1-2H3,(H2,37,41)(H,40,46)/b26-19-. The van der Waals surface area contributed by atoms with Gasteiger partial charge < -0.3 is 37.3 Å². The first-order valence-electron chi connectivity index (χ1n) is 15.2. The molecule has 248 valence electrons. The van der Waals surface area contributed by atoms with Gasteiger partial charge in [0.25, 0.3) is 11.8 Å². The summed E-state index contributed by atoms with van der Waals surface area (Å²) in [7, 11) is 4.20. The number of amides is 2. The van der Waals surface area contributed by atoms with Crippen molar-refractivity contribution in [2.75, 3.05) is 49.0 Å². The first-order chi connectivity index (χ1) is 22.5. The molecule has 14 heteroatoms. The molecule has 2 amide bonds. The number of halogens is 2. The zero-order chi connectivity index (χ0) is 33.8. The zero-order valence-electron chi connectivity index (χ0n) is 26.4. The Balaban J connectivity index is 1.48. The van der Waals surface area contributed by atoms with Gasteiger partial charge in [0.05, 0.1) is 16.9 Å². The molecule has 2 heterocycles. The van der Waals surface area contributed by atoms with E-state index in [1.54, 1.807) is 24.3 Å². The summed E-state index contributed by atoms with van der Waals surface area (Å²) in [6.07, 6.45) is 3.66. The molecule has 3 aromatic carbocycles. The fourth-order valence-corrected chi connectivity index (χ4v) is 6.38. The minimum absolute atomic E-state index is 0.0713. The van der Waals surface area contributed by atoms with E-state index in [2.05, 4.69) is 40.4 Å². The third-order valence-electron chi connectivity index (χ3n) is 8.76. The Hall–Kier alpha value is -4.85. The maximum atomic E-state index is 14.6. The summed E-state index contributed by atoms with van der Waals surface area (Å²) in [6, 6.07) is 16.4. The lowest BCUT2D eigenvalue weighted by molar-refractivity contribution is -0.136. The summed E-state index contributed by atoms with van der Waals surface area (Å²) < 4.78 is 14.6. The van der Waals surface area contributed by atoms with Crippen LogP contribution in [0.4, 0.5) is 21.5 Å².